The lowest BCUT2D eigenvalue weighted by molar-refractivity contribution is 0.0805. The Bertz CT molecular complexity index is 476. The van der Waals surface area contributed by atoms with Crippen LogP contribution in [-0.2, 0) is 9.47 Å². The summed E-state index contributed by atoms with van der Waals surface area (Å²) in [6.45, 7) is 1.60. The molecule has 21 heavy (non-hydrogen) atoms. The number of nitrogens with two attached hydrogens (primary N) is 1. The fraction of sp³-hybridized carbons (Fsp3) is 0.714. The highest BCUT2D eigenvalue weighted by molar-refractivity contribution is 5.64. The molecule has 1 aromatic rings. The molecule has 2 fully saturated rings. The normalized spacial score (nSPS) is 29.2. The van der Waals surface area contributed by atoms with Gasteiger partial charge in [-0.2, -0.15) is 5.10 Å². The molecule has 1 unspecified atom stereocenters. The van der Waals surface area contributed by atoms with Crippen molar-refractivity contribution in [2.75, 3.05) is 18.5 Å². The van der Waals surface area contributed by atoms with Crippen LogP contribution < -0.4 is 11.1 Å². The number of nitrogens with one attached hydrogen (secondary N) is 2. The third-order valence-corrected chi connectivity index (χ3v) is 4.28. The minimum absolute atomic E-state index is 0.0362. The van der Waals surface area contributed by atoms with Crippen LogP contribution >= 0.6 is 0 Å². The molecule has 1 saturated heterocycles. The molecule has 7 nitrogen and oxygen atoms in total. The summed E-state index contributed by atoms with van der Waals surface area (Å²) in [6, 6.07) is 2.44. The Hall–Kier alpha value is -1.76. The van der Waals surface area contributed by atoms with Crippen LogP contribution in [0.15, 0.2) is 6.07 Å². The van der Waals surface area contributed by atoms with Crippen LogP contribution in [0.25, 0.3) is 0 Å². The molecular formula is C14H22N4O3. The zero-order valence-corrected chi connectivity index (χ0v) is 12.0. The first kappa shape index (κ1) is 14.2. The van der Waals surface area contributed by atoms with Gasteiger partial charge in [-0.05, 0) is 32.1 Å². The molecule has 0 bridgehead atoms. The van der Waals surface area contributed by atoms with E-state index in [0.717, 1.165) is 56.8 Å². The number of hydrogen-bond donors (Lipinski definition) is 3. The van der Waals surface area contributed by atoms with Gasteiger partial charge in [0.2, 0.25) is 0 Å². The van der Waals surface area contributed by atoms with Crippen LogP contribution in [-0.4, -0.2) is 41.7 Å². The third-order valence-electron chi connectivity index (χ3n) is 4.28. The molecule has 7 heteroatoms. The van der Waals surface area contributed by atoms with E-state index in [9.17, 15) is 4.79 Å². The van der Waals surface area contributed by atoms with E-state index < -0.39 is 6.09 Å². The Morgan fingerprint density at radius 1 is 1.38 bits per heavy atom. The average Bonchev–Trinajstić information content (AvgIpc) is 3.11. The summed E-state index contributed by atoms with van der Waals surface area (Å²) in [7, 11) is 0. The molecule has 0 aromatic carbocycles. The highest BCUT2D eigenvalue weighted by Gasteiger charge is 2.24. The Balaban J connectivity index is 1.48. The molecule has 2 aliphatic rings. The van der Waals surface area contributed by atoms with Gasteiger partial charge in [0.05, 0.1) is 6.61 Å². The average molecular weight is 294 g/mol. The molecule has 1 atom stereocenters. The molecule has 1 aliphatic carbocycles. The molecule has 1 aromatic heterocycles. The highest BCUT2D eigenvalue weighted by atomic mass is 16.6. The molecule has 4 N–H and O–H groups in total. The summed E-state index contributed by atoms with van der Waals surface area (Å²) in [5.74, 6) is 1.32. The van der Waals surface area contributed by atoms with E-state index in [1.807, 2.05) is 0 Å². The number of rotatable bonds is 4. The second-order valence-corrected chi connectivity index (χ2v) is 5.82. The van der Waals surface area contributed by atoms with Gasteiger partial charge in [-0.15, -0.1) is 0 Å². The van der Waals surface area contributed by atoms with Crippen LogP contribution in [0.3, 0.4) is 0 Å². The van der Waals surface area contributed by atoms with Crippen LogP contribution in [0.1, 0.15) is 43.7 Å². The Labute approximate surface area is 123 Å². The summed E-state index contributed by atoms with van der Waals surface area (Å²) < 4.78 is 10.4. The predicted octanol–water partition coefficient (Wildman–Crippen LogP) is 1.73. The van der Waals surface area contributed by atoms with Gasteiger partial charge in [0.25, 0.3) is 0 Å². The Morgan fingerprint density at radius 2 is 2.19 bits per heavy atom. The lowest BCUT2D eigenvalue weighted by Crippen LogP contribution is -2.32. The number of hydrogen-bond acceptors (Lipinski definition) is 5. The fourth-order valence-corrected chi connectivity index (χ4v) is 3.10. The molecule has 3 rings (SSSR count). The van der Waals surface area contributed by atoms with Gasteiger partial charge < -0.3 is 20.5 Å². The fourth-order valence-electron chi connectivity index (χ4n) is 3.10. The highest BCUT2D eigenvalue weighted by Crippen LogP contribution is 2.27. The smallest absolute Gasteiger partial charge is 0.404 e. The number of carbonyl (C=O) groups is 1. The topological polar surface area (TPSA) is 102 Å². The Morgan fingerprint density at radius 3 is 2.86 bits per heavy atom. The Kier molecular flexibility index (Phi) is 4.28. The predicted molar refractivity (Wildman–Crippen MR) is 77.1 cm³/mol. The molecule has 1 aliphatic heterocycles. The minimum Gasteiger partial charge on any atom is -0.446 e. The van der Waals surface area contributed by atoms with E-state index in [4.69, 9.17) is 15.2 Å². The van der Waals surface area contributed by atoms with Crippen molar-refractivity contribution in [2.45, 2.75) is 50.2 Å². The van der Waals surface area contributed by atoms with Gasteiger partial charge in [-0.1, -0.05) is 0 Å². The zero-order chi connectivity index (χ0) is 14.7. The molecular weight excluding hydrogens is 272 g/mol. The SMILES string of the molecule is NC(=O)OC1CCC(Nc2cc(C3CCOC3)[nH]n2)CC1. The third kappa shape index (κ3) is 3.66. The summed E-state index contributed by atoms with van der Waals surface area (Å²) in [5.41, 5.74) is 6.18. The molecule has 1 amide bonds. The van der Waals surface area contributed by atoms with Crippen LogP contribution in [0.4, 0.5) is 10.6 Å². The number of aromatic amines is 1. The van der Waals surface area contributed by atoms with Crippen molar-refractivity contribution in [3.63, 3.8) is 0 Å². The van der Waals surface area contributed by atoms with Crippen molar-refractivity contribution in [2.24, 2.45) is 5.73 Å². The van der Waals surface area contributed by atoms with Crippen molar-refractivity contribution in [1.29, 1.82) is 0 Å². The first-order valence-corrected chi connectivity index (χ1v) is 7.56. The van der Waals surface area contributed by atoms with E-state index in [0.29, 0.717) is 12.0 Å². The first-order chi connectivity index (χ1) is 10.2. The maximum Gasteiger partial charge on any atom is 0.404 e. The zero-order valence-electron chi connectivity index (χ0n) is 12.0. The summed E-state index contributed by atoms with van der Waals surface area (Å²) in [5, 5.41) is 10.9. The lowest BCUT2D eigenvalue weighted by Gasteiger charge is -2.28. The van der Waals surface area contributed by atoms with E-state index in [1.54, 1.807) is 0 Å². The number of amides is 1. The van der Waals surface area contributed by atoms with Crippen LogP contribution in [0, 0.1) is 0 Å². The van der Waals surface area contributed by atoms with E-state index in [-0.39, 0.29) is 6.10 Å². The number of aromatic nitrogens is 2. The summed E-state index contributed by atoms with van der Waals surface area (Å²) >= 11 is 0. The summed E-state index contributed by atoms with van der Waals surface area (Å²) in [6.07, 6.45) is 3.92. The maximum atomic E-state index is 10.7. The molecule has 2 heterocycles. The van der Waals surface area contributed by atoms with Crippen molar-refractivity contribution < 1.29 is 14.3 Å². The van der Waals surface area contributed by atoms with Gasteiger partial charge in [-0.25, -0.2) is 4.79 Å². The number of anilines is 1. The number of primary amides is 1. The van der Waals surface area contributed by atoms with Crippen LogP contribution in [0.2, 0.25) is 0 Å². The monoisotopic (exact) mass is 294 g/mol. The van der Waals surface area contributed by atoms with E-state index in [1.165, 1.54) is 0 Å². The van der Waals surface area contributed by atoms with Gasteiger partial charge in [-0.3, -0.25) is 5.10 Å². The van der Waals surface area contributed by atoms with Crippen molar-refractivity contribution in [1.82, 2.24) is 10.2 Å². The second kappa shape index (κ2) is 6.34. The maximum absolute atomic E-state index is 10.7. The quantitative estimate of drug-likeness (QED) is 0.785. The largest absolute Gasteiger partial charge is 0.446 e. The molecule has 116 valence electrons. The standard InChI is InChI=1S/C14H22N4O3/c15-14(19)21-11-3-1-10(2-4-11)16-13-7-12(17-18-13)9-5-6-20-8-9/h7,9-11H,1-6,8H2,(H2,15,19)(H2,16,17,18). The van der Waals surface area contributed by atoms with Crippen LogP contribution in [0.5, 0.6) is 0 Å². The summed E-state index contributed by atoms with van der Waals surface area (Å²) in [4.78, 5) is 10.7. The number of carbonyl (C=O) groups excluding carboxylic acids is 1. The number of H-pyrrole nitrogens is 1. The van der Waals surface area contributed by atoms with Gasteiger partial charge in [0.1, 0.15) is 11.9 Å². The van der Waals surface area contributed by atoms with Gasteiger partial charge in [0, 0.05) is 30.3 Å². The first-order valence-electron chi connectivity index (χ1n) is 7.56. The molecule has 0 radical (unpaired) electrons. The van der Waals surface area contributed by atoms with E-state index >= 15 is 0 Å². The minimum atomic E-state index is -0.679. The second-order valence-electron chi connectivity index (χ2n) is 5.82. The lowest BCUT2D eigenvalue weighted by atomic mass is 9.93. The van der Waals surface area contributed by atoms with Crippen molar-refractivity contribution in [3.05, 3.63) is 11.8 Å². The van der Waals surface area contributed by atoms with Gasteiger partial charge in [0.15, 0.2) is 0 Å². The van der Waals surface area contributed by atoms with E-state index in [2.05, 4.69) is 21.6 Å². The number of ether oxygens (including phenoxy) is 2. The van der Waals surface area contributed by atoms with Gasteiger partial charge >= 0.3 is 6.09 Å². The van der Waals surface area contributed by atoms with Crippen molar-refractivity contribution >= 4 is 11.9 Å². The molecule has 0 spiro atoms. The van der Waals surface area contributed by atoms with Crippen molar-refractivity contribution in [3.8, 4) is 0 Å². The molecule has 1 saturated carbocycles. The number of nitrogens with zero attached hydrogens (tertiary/aromatic N) is 1.